The van der Waals surface area contributed by atoms with Crippen molar-refractivity contribution < 1.29 is 14.3 Å². The van der Waals surface area contributed by atoms with Crippen LogP contribution in [0.2, 0.25) is 0 Å². The van der Waals surface area contributed by atoms with Crippen molar-refractivity contribution in [2.75, 3.05) is 25.0 Å². The standard InChI is InChI=1S/C16H19BrN2O3/c1-15(2,3)22-14(21)19-8-16(9-19)11-7-10(17)5-6-12(11)18(4)13(16)20/h5-7H,8-9H2,1-4H3. The van der Waals surface area contributed by atoms with Gasteiger partial charge in [0.2, 0.25) is 5.91 Å². The molecular formula is C16H19BrN2O3. The summed E-state index contributed by atoms with van der Waals surface area (Å²) in [5.41, 5.74) is 0.744. The summed E-state index contributed by atoms with van der Waals surface area (Å²) < 4.78 is 6.31. The van der Waals surface area contributed by atoms with Gasteiger partial charge >= 0.3 is 6.09 Å². The highest BCUT2D eigenvalue weighted by Crippen LogP contribution is 2.47. The summed E-state index contributed by atoms with van der Waals surface area (Å²) >= 11 is 3.46. The summed E-state index contributed by atoms with van der Waals surface area (Å²) in [6.45, 7) is 6.24. The van der Waals surface area contributed by atoms with E-state index in [1.165, 1.54) is 0 Å². The van der Waals surface area contributed by atoms with Gasteiger partial charge in [-0.3, -0.25) is 4.79 Å². The van der Waals surface area contributed by atoms with Gasteiger partial charge < -0.3 is 14.5 Å². The van der Waals surface area contributed by atoms with Crippen molar-refractivity contribution in [2.45, 2.75) is 31.8 Å². The van der Waals surface area contributed by atoms with Crippen molar-refractivity contribution in [3.8, 4) is 0 Å². The molecule has 0 aliphatic carbocycles. The first-order valence-corrected chi connectivity index (χ1v) is 7.99. The van der Waals surface area contributed by atoms with E-state index in [4.69, 9.17) is 4.74 Å². The van der Waals surface area contributed by atoms with Gasteiger partial charge in [0.1, 0.15) is 11.0 Å². The van der Waals surface area contributed by atoms with Crippen LogP contribution in [0.4, 0.5) is 10.5 Å². The highest BCUT2D eigenvalue weighted by atomic mass is 79.9. The van der Waals surface area contributed by atoms with Crippen LogP contribution in [0.5, 0.6) is 0 Å². The van der Waals surface area contributed by atoms with Crippen molar-refractivity contribution in [2.24, 2.45) is 0 Å². The second-order valence-electron chi connectivity index (χ2n) is 6.94. The minimum atomic E-state index is -0.620. The van der Waals surface area contributed by atoms with Crippen LogP contribution in [0.3, 0.4) is 0 Å². The number of likely N-dealkylation sites (N-methyl/N-ethyl adjacent to an activating group) is 1. The molecule has 1 aromatic carbocycles. The Balaban J connectivity index is 1.85. The van der Waals surface area contributed by atoms with E-state index < -0.39 is 11.0 Å². The van der Waals surface area contributed by atoms with Crippen LogP contribution in [0.15, 0.2) is 22.7 Å². The van der Waals surface area contributed by atoms with Gasteiger partial charge in [0.15, 0.2) is 0 Å². The normalized spacial score (nSPS) is 19.2. The third-order valence-corrected chi connectivity index (χ3v) is 4.62. The lowest BCUT2D eigenvalue weighted by molar-refractivity contribution is -0.128. The first kappa shape index (κ1) is 15.3. The monoisotopic (exact) mass is 366 g/mol. The fraction of sp³-hybridized carbons (Fsp3) is 0.500. The molecule has 2 amide bonds. The Morgan fingerprint density at radius 2 is 1.95 bits per heavy atom. The molecule has 0 aromatic heterocycles. The first-order chi connectivity index (χ1) is 10.1. The summed E-state index contributed by atoms with van der Waals surface area (Å²) in [5.74, 6) is 0.0420. The van der Waals surface area contributed by atoms with Crippen molar-refractivity contribution in [1.29, 1.82) is 0 Å². The Morgan fingerprint density at radius 1 is 1.32 bits per heavy atom. The summed E-state index contributed by atoms with van der Waals surface area (Å²) in [6, 6.07) is 5.83. The molecule has 2 aliphatic rings. The molecule has 0 radical (unpaired) electrons. The van der Waals surface area contributed by atoms with Gasteiger partial charge in [0.05, 0.1) is 0 Å². The number of fused-ring (bicyclic) bond motifs is 2. The largest absolute Gasteiger partial charge is 0.444 e. The average molecular weight is 367 g/mol. The van der Waals surface area contributed by atoms with Crippen molar-refractivity contribution in [3.05, 3.63) is 28.2 Å². The molecular weight excluding hydrogens is 348 g/mol. The lowest BCUT2D eigenvalue weighted by Crippen LogP contribution is -2.65. The van der Waals surface area contributed by atoms with E-state index in [9.17, 15) is 9.59 Å². The minimum Gasteiger partial charge on any atom is -0.444 e. The molecule has 1 fully saturated rings. The maximum atomic E-state index is 12.7. The van der Waals surface area contributed by atoms with E-state index in [1.54, 1.807) is 16.8 Å². The molecule has 6 heteroatoms. The maximum absolute atomic E-state index is 12.7. The summed E-state index contributed by atoms with van der Waals surface area (Å²) in [7, 11) is 1.78. The highest BCUT2D eigenvalue weighted by molar-refractivity contribution is 9.10. The lowest BCUT2D eigenvalue weighted by Gasteiger charge is -2.46. The molecule has 0 bridgehead atoms. The number of anilines is 1. The number of benzene rings is 1. The Bertz CT molecular complexity index is 660. The number of nitrogens with zero attached hydrogens (tertiary/aromatic N) is 2. The molecule has 0 atom stereocenters. The zero-order valence-corrected chi connectivity index (χ0v) is 14.7. The van der Waals surface area contributed by atoms with E-state index in [1.807, 2.05) is 39.0 Å². The molecule has 0 N–H and O–H groups in total. The predicted octanol–water partition coefficient (Wildman–Crippen LogP) is 2.91. The second-order valence-corrected chi connectivity index (χ2v) is 7.86. The van der Waals surface area contributed by atoms with Crippen LogP contribution in [-0.4, -0.2) is 42.6 Å². The van der Waals surface area contributed by atoms with Gasteiger partial charge in [-0.05, 0) is 44.5 Å². The smallest absolute Gasteiger partial charge is 0.410 e. The molecule has 3 rings (SSSR count). The number of likely N-dealkylation sites (tertiary alicyclic amines) is 1. The molecule has 1 spiro atoms. The van der Waals surface area contributed by atoms with Crippen molar-refractivity contribution in [3.63, 3.8) is 0 Å². The number of halogens is 1. The Labute approximate surface area is 138 Å². The van der Waals surface area contributed by atoms with Crippen LogP contribution < -0.4 is 4.90 Å². The average Bonchev–Trinajstić information content (AvgIpc) is 2.54. The minimum absolute atomic E-state index is 0.0420. The van der Waals surface area contributed by atoms with Gasteiger partial charge in [-0.2, -0.15) is 0 Å². The molecule has 1 aromatic rings. The summed E-state index contributed by atoms with van der Waals surface area (Å²) in [4.78, 5) is 28.0. The van der Waals surface area contributed by atoms with Gasteiger partial charge in [-0.1, -0.05) is 15.9 Å². The molecule has 0 saturated carbocycles. The topological polar surface area (TPSA) is 49.9 Å². The molecule has 118 valence electrons. The number of amides is 2. The van der Waals surface area contributed by atoms with E-state index >= 15 is 0 Å². The molecule has 1 saturated heterocycles. The van der Waals surface area contributed by atoms with Crippen LogP contribution in [0, 0.1) is 0 Å². The number of hydrogen-bond donors (Lipinski definition) is 0. The quantitative estimate of drug-likeness (QED) is 0.709. The third kappa shape index (κ3) is 2.20. The number of rotatable bonds is 0. The van der Waals surface area contributed by atoms with Crippen molar-refractivity contribution >= 4 is 33.6 Å². The summed E-state index contributed by atoms with van der Waals surface area (Å²) in [6.07, 6.45) is -0.364. The second kappa shape index (κ2) is 4.72. The predicted molar refractivity (Wildman–Crippen MR) is 87.0 cm³/mol. The Kier molecular flexibility index (Phi) is 3.29. The van der Waals surface area contributed by atoms with Gasteiger partial charge in [0.25, 0.3) is 0 Å². The fourth-order valence-corrected chi connectivity index (χ4v) is 3.46. The third-order valence-electron chi connectivity index (χ3n) is 4.12. The fourth-order valence-electron chi connectivity index (χ4n) is 3.10. The van der Waals surface area contributed by atoms with Crippen LogP contribution in [0.25, 0.3) is 0 Å². The number of carbonyl (C=O) groups is 2. The van der Waals surface area contributed by atoms with E-state index in [0.717, 1.165) is 15.7 Å². The first-order valence-electron chi connectivity index (χ1n) is 7.20. The Morgan fingerprint density at radius 3 is 2.55 bits per heavy atom. The molecule has 0 unspecified atom stereocenters. The maximum Gasteiger partial charge on any atom is 0.410 e. The van der Waals surface area contributed by atoms with Gasteiger partial charge in [-0.15, -0.1) is 0 Å². The molecule has 2 heterocycles. The Hall–Kier alpha value is -1.56. The van der Waals surface area contributed by atoms with Gasteiger partial charge in [0, 0.05) is 30.3 Å². The zero-order chi connectivity index (χ0) is 16.3. The van der Waals surface area contributed by atoms with Gasteiger partial charge in [-0.25, -0.2) is 4.79 Å². The summed E-state index contributed by atoms with van der Waals surface area (Å²) in [5, 5.41) is 0. The van der Waals surface area contributed by atoms with E-state index in [0.29, 0.717) is 13.1 Å². The van der Waals surface area contributed by atoms with E-state index in [-0.39, 0.29) is 12.0 Å². The van der Waals surface area contributed by atoms with E-state index in [2.05, 4.69) is 15.9 Å². The molecule has 2 aliphatic heterocycles. The number of ether oxygens (including phenoxy) is 1. The van der Waals surface area contributed by atoms with Crippen LogP contribution >= 0.6 is 15.9 Å². The van der Waals surface area contributed by atoms with Crippen molar-refractivity contribution in [1.82, 2.24) is 4.90 Å². The molecule has 5 nitrogen and oxygen atoms in total. The lowest BCUT2D eigenvalue weighted by atomic mass is 9.75. The zero-order valence-electron chi connectivity index (χ0n) is 13.1. The SMILES string of the molecule is CN1C(=O)C2(CN(C(=O)OC(C)(C)C)C2)c2cc(Br)ccc21. The number of hydrogen-bond acceptors (Lipinski definition) is 3. The number of carbonyl (C=O) groups excluding carboxylic acids is 2. The highest BCUT2D eigenvalue weighted by Gasteiger charge is 2.59. The molecule has 22 heavy (non-hydrogen) atoms. The van der Waals surface area contributed by atoms with Crippen LogP contribution in [-0.2, 0) is 14.9 Å². The van der Waals surface area contributed by atoms with Crippen LogP contribution in [0.1, 0.15) is 26.3 Å².